The minimum Gasteiger partial charge on any atom is -0.388 e. The molecule has 112 valence electrons. The Morgan fingerprint density at radius 1 is 1.05 bits per heavy atom. The third kappa shape index (κ3) is 3.11. The maximum Gasteiger partial charge on any atom is 0.391 e. The summed E-state index contributed by atoms with van der Waals surface area (Å²) in [7, 11) is 0. The Bertz CT molecular complexity index is 463. The number of aliphatic hydroxyl groups excluding tert-OH is 1. The Labute approximate surface area is 113 Å². The van der Waals surface area contributed by atoms with Crippen LogP contribution in [-0.4, -0.2) is 11.3 Å². The number of benzene rings is 1. The summed E-state index contributed by atoms with van der Waals surface area (Å²) in [6.07, 6.45) is -5.34. The molecule has 0 heterocycles. The molecule has 1 aliphatic carbocycles. The first kappa shape index (κ1) is 15.2. The van der Waals surface area contributed by atoms with Crippen LogP contribution in [0.2, 0.25) is 0 Å². The first-order valence-corrected chi connectivity index (χ1v) is 6.49. The molecule has 20 heavy (non-hydrogen) atoms. The highest BCUT2D eigenvalue weighted by atomic mass is 19.4. The molecule has 0 amide bonds. The molecule has 1 aliphatic rings. The van der Waals surface area contributed by atoms with E-state index in [9.17, 15) is 27.1 Å². The fraction of sp³-hybridized carbons (Fsp3) is 0.571. The number of rotatable bonds is 2. The van der Waals surface area contributed by atoms with Gasteiger partial charge in [-0.1, -0.05) is 12.1 Å². The molecule has 1 nitrogen and oxygen atoms in total. The van der Waals surface area contributed by atoms with Crippen LogP contribution < -0.4 is 0 Å². The smallest absolute Gasteiger partial charge is 0.388 e. The van der Waals surface area contributed by atoms with Crippen LogP contribution in [0.4, 0.5) is 22.0 Å². The van der Waals surface area contributed by atoms with Crippen LogP contribution in [0.15, 0.2) is 18.2 Å². The van der Waals surface area contributed by atoms with Crippen molar-refractivity contribution in [3.63, 3.8) is 0 Å². The summed E-state index contributed by atoms with van der Waals surface area (Å²) in [5, 5.41) is 10.1. The van der Waals surface area contributed by atoms with Crippen molar-refractivity contribution in [1.82, 2.24) is 0 Å². The lowest BCUT2D eigenvalue weighted by molar-refractivity contribution is -0.185. The van der Waals surface area contributed by atoms with Gasteiger partial charge in [0, 0.05) is 5.56 Å². The molecule has 6 heteroatoms. The molecule has 0 spiro atoms. The van der Waals surface area contributed by atoms with Gasteiger partial charge in [0.1, 0.15) is 0 Å². The largest absolute Gasteiger partial charge is 0.391 e. The molecule has 0 aliphatic heterocycles. The summed E-state index contributed by atoms with van der Waals surface area (Å²) in [4.78, 5) is 0. The van der Waals surface area contributed by atoms with Gasteiger partial charge < -0.3 is 5.11 Å². The topological polar surface area (TPSA) is 20.2 Å². The predicted molar refractivity (Wildman–Crippen MR) is 62.8 cm³/mol. The van der Waals surface area contributed by atoms with E-state index in [0.717, 1.165) is 6.07 Å². The Morgan fingerprint density at radius 2 is 1.65 bits per heavy atom. The van der Waals surface area contributed by atoms with Gasteiger partial charge in [0.05, 0.1) is 12.0 Å². The molecular formula is C14H15F5O. The van der Waals surface area contributed by atoms with Gasteiger partial charge in [-0.2, -0.15) is 13.2 Å². The van der Waals surface area contributed by atoms with Crippen LogP contribution in [0.3, 0.4) is 0 Å². The van der Waals surface area contributed by atoms with Crippen molar-refractivity contribution in [1.29, 1.82) is 0 Å². The number of hydrogen-bond donors (Lipinski definition) is 1. The van der Waals surface area contributed by atoms with Crippen molar-refractivity contribution in [3.05, 3.63) is 35.4 Å². The molecule has 1 fully saturated rings. The second-order valence-electron chi connectivity index (χ2n) is 5.24. The maximum atomic E-state index is 13.6. The monoisotopic (exact) mass is 294 g/mol. The molecule has 0 saturated heterocycles. The highest BCUT2D eigenvalue weighted by Gasteiger charge is 2.42. The van der Waals surface area contributed by atoms with Gasteiger partial charge in [0.2, 0.25) is 0 Å². The van der Waals surface area contributed by atoms with E-state index in [1.54, 1.807) is 0 Å². The second-order valence-corrected chi connectivity index (χ2v) is 5.24. The third-order valence-electron chi connectivity index (χ3n) is 3.98. The number of alkyl halides is 3. The summed E-state index contributed by atoms with van der Waals surface area (Å²) >= 11 is 0. The highest BCUT2D eigenvalue weighted by molar-refractivity contribution is 5.22. The minimum absolute atomic E-state index is 0.0812. The molecule has 1 aromatic carbocycles. The van der Waals surface area contributed by atoms with Crippen LogP contribution in [0, 0.1) is 23.5 Å². The SMILES string of the molecule is OC(c1cccc(F)c1F)C1CCC(C(F)(F)F)CC1. The van der Waals surface area contributed by atoms with Crippen LogP contribution in [-0.2, 0) is 0 Å². The quantitative estimate of drug-likeness (QED) is 0.803. The highest BCUT2D eigenvalue weighted by Crippen LogP contribution is 2.43. The predicted octanol–water partition coefficient (Wildman–Crippen LogP) is 4.37. The zero-order valence-electron chi connectivity index (χ0n) is 10.6. The lowest BCUT2D eigenvalue weighted by Gasteiger charge is -2.32. The lowest BCUT2D eigenvalue weighted by atomic mass is 9.77. The maximum absolute atomic E-state index is 13.6. The Balaban J connectivity index is 2.05. The zero-order chi connectivity index (χ0) is 14.9. The van der Waals surface area contributed by atoms with E-state index in [1.165, 1.54) is 12.1 Å². The van der Waals surface area contributed by atoms with Crippen molar-refractivity contribution in [2.24, 2.45) is 11.8 Å². The summed E-state index contributed by atoms with van der Waals surface area (Å²) in [5.74, 6) is -4.02. The van der Waals surface area contributed by atoms with E-state index in [2.05, 4.69) is 0 Å². The zero-order valence-corrected chi connectivity index (χ0v) is 10.6. The third-order valence-corrected chi connectivity index (χ3v) is 3.98. The number of hydrogen-bond acceptors (Lipinski definition) is 1. The number of aliphatic hydroxyl groups is 1. The molecule has 1 unspecified atom stereocenters. The van der Waals surface area contributed by atoms with Gasteiger partial charge in [-0.05, 0) is 37.7 Å². The van der Waals surface area contributed by atoms with Crippen LogP contribution in [0.25, 0.3) is 0 Å². The molecule has 1 saturated carbocycles. The van der Waals surface area contributed by atoms with E-state index in [4.69, 9.17) is 0 Å². The minimum atomic E-state index is -4.22. The molecule has 2 rings (SSSR count). The summed E-state index contributed by atoms with van der Waals surface area (Å²) < 4.78 is 64.3. The van der Waals surface area contributed by atoms with Crippen LogP contribution in [0.5, 0.6) is 0 Å². The van der Waals surface area contributed by atoms with Gasteiger partial charge in [-0.15, -0.1) is 0 Å². The van der Waals surface area contributed by atoms with Crippen molar-refractivity contribution >= 4 is 0 Å². The first-order chi connectivity index (χ1) is 9.30. The van der Waals surface area contributed by atoms with E-state index in [0.29, 0.717) is 0 Å². The van der Waals surface area contributed by atoms with Crippen molar-refractivity contribution in [2.45, 2.75) is 38.0 Å². The normalized spacial score (nSPS) is 25.5. The van der Waals surface area contributed by atoms with E-state index < -0.39 is 35.8 Å². The molecule has 0 bridgehead atoms. The average molecular weight is 294 g/mol. The molecule has 1 aromatic rings. The fourth-order valence-electron chi connectivity index (χ4n) is 2.77. The van der Waals surface area contributed by atoms with Crippen LogP contribution in [0.1, 0.15) is 37.4 Å². The molecule has 0 aromatic heterocycles. The average Bonchev–Trinajstić information content (AvgIpc) is 2.40. The second kappa shape index (κ2) is 5.68. The Kier molecular flexibility index (Phi) is 4.32. The van der Waals surface area contributed by atoms with Crippen molar-refractivity contribution in [3.8, 4) is 0 Å². The standard InChI is InChI=1S/C14H15F5O/c15-11-3-1-2-10(12(11)16)13(20)8-4-6-9(7-5-8)14(17,18)19/h1-3,8-9,13,20H,4-7H2. The summed E-state index contributed by atoms with van der Waals surface area (Å²) in [6, 6.07) is 3.48. The van der Waals surface area contributed by atoms with Crippen molar-refractivity contribution < 1.29 is 27.1 Å². The van der Waals surface area contributed by atoms with Gasteiger partial charge in [-0.25, -0.2) is 8.78 Å². The molecule has 1 N–H and O–H groups in total. The van der Waals surface area contributed by atoms with Crippen LogP contribution >= 0.6 is 0 Å². The van der Waals surface area contributed by atoms with Gasteiger partial charge in [-0.3, -0.25) is 0 Å². The molecular weight excluding hydrogens is 279 g/mol. The Hall–Kier alpha value is -1.17. The fourth-order valence-corrected chi connectivity index (χ4v) is 2.77. The van der Waals surface area contributed by atoms with Gasteiger partial charge in [0.15, 0.2) is 11.6 Å². The molecule has 1 atom stereocenters. The van der Waals surface area contributed by atoms with Gasteiger partial charge in [0.25, 0.3) is 0 Å². The van der Waals surface area contributed by atoms with Crippen molar-refractivity contribution in [2.75, 3.05) is 0 Å². The van der Waals surface area contributed by atoms with E-state index in [-0.39, 0.29) is 31.2 Å². The van der Waals surface area contributed by atoms with E-state index in [1.807, 2.05) is 0 Å². The van der Waals surface area contributed by atoms with Gasteiger partial charge >= 0.3 is 6.18 Å². The summed E-state index contributed by atoms with van der Waals surface area (Å²) in [6.45, 7) is 0. The Morgan fingerprint density at radius 3 is 2.20 bits per heavy atom. The summed E-state index contributed by atoms with van der Waals surface area (Å²) in [5.41, 5.74) is -0.180. The first-order valence-electron chi connectivity index (χ1n) is 6.49. The molecule has 0 radical (unpaired) electrons. The van der Waals surface area contributed by atoms with E-state index >= 15 is 0 Å². The number of halogens is 5. The lowest BCUT2D eigenvalue weighted by Crippen LogP contribution is -2.29.